The van der Waals surface area contributed by atoms with Crippen LogP contribution in [0.15, 0.2) is 24.4 Å². The van der Waals surface area contributed by atoms with Gasteiger partial charge in [0.2, 0.25) is 0 Å². The van der Waals surface area contributed by atoms with E-state index in [4.69, 9.17) is 17.8 Å². The van der Waals surface area contributed by atoms with Gasteiger partial charge in [0, 0.05) is 40.0 Å². The zero-order chi connectivity index (χ0) is 26.1. The normalized spacial score (nSPS) is 34.1. The second-order valence-electron chi connectivity index (χ2n) is 4.34. The minimum atomic E-state index is -3.57. The number of cyclic esters (lactones) is 1. The SMILES string of the molecule is [2H]C([2H])([2H])N(C([2H])([2H])[2H])C([2H])([2H])C([2H])([2H])c1c[nH]c2ccc(C([2H])([2H])[C@@]3([2H])COC(=O)N3)cc12. The molecular weight excluding hydrogens is 266 g/mol. The van der Waals surface area contributed by atoms with Crippen molar-refractivity contribution in [3.63, 3.8) is 0 Å². The molecule has 1 aliphatic rings. The minimum absolute atomic E-state index is 0.0693. The molecule has 3 rings (SSSR count). The maximum atomic E-state index is 11.4. The van der Waals surface area contributed by atoms with Gasteiger partial charge in [-0.1, -0.05) is 6.07 Å². The summed E-state index contributed by atoms with van der Waals surface area (Å²) in [4.78, 5) is 13.6. The number of ether oxygens (including phenoxy) is 1. The third kappa shape index (κ3) is 3.19. The van der Waals surface area contributed by atoms with Crippen molar-refractivity contribution in [2.75, 3.05) is 27.1 Å². The highest BCUT2D eigenvalue weighted by atomic mass is 16.6. The number of aromatic amines is 1. The van der Waals surface area contributed by atoms with Crippen LogP contribution in [0, 0.1) is 0 Å². The molecular formula is C16H21N3O2. The fourth-order valence-electron chi connectivity index (χ4n) is 1.99. The summed E-state index contributed by atoms with van der Waals surface area (Å²) >= 11 is 0. The van der Waals surface area contributed by atoms with Crippen LogP contribution in [-0.4, -0.2) is 49.1 Å². The molecule has 1 saturated heterocycles. The van der Waals surface area contributed by atoms with E-state index in [0.717, 1.165) is 12.3 Å². The number of nitrogens with one attached hydrogen (secondary N) is 2. The van der Waals surface area contributed by atoms with Crippen LogP contribution in [0.3, 0.4) is 0 Å². The van der Waals surface area contributed by atoms with Crippen molar-refractivity contribution in [3.05, 3.63) is 35.5 Å². The van der Waals surface area contributed by atoms with E-state index in [9.17, 15) is 4.79 Å². The Labute approximate surface area is 142 Å². The Morgan fingerprint density at radius 1 is 1.57 bits per heavy atom. The first kappa shape index (κ1) is 5.32. The Morgan fingerprint density at radius 2 is 2.48 bits per heavy atom. The summed E-state index contributed by atoms with van der Waals surface area (Å²) in [5.41, 5.74) is -0.426. The van der Waals surface area contributed by atoms with Crippen LogP contribution in [0.2, 0.25) is 0 Å². The van der Waals surface area contributed by atoms with Gasteiger partial charge in [0.05, 0.1) is 7.39 Å². The Hall–Kier alpha value is -2.01. The number of hydrogen-bond acceptors (Lipinski definition) is 3. The molecule has 0 spiro atoms. The van der Waals surface area contributed by atoms with Crippen molar-refractivity contribution >= 4 is 17.0 Å². The summed E-state index contributed by atoms with van der Waals surface area (Å²) in [5, 5.41) is 2.02. The number of aryl methyl sites for hydroxylation is 1. The Morgan fingerprint density at radius 3 is 3.24 bits per heavy atom. The van der Waals surface area contributed by atoms with E-state index in [-0.39, 0.29) is 16.5 Å². The molecule has 21 heavy (non-hydrogen) atoms. The van der Waals surface area contributed by atoms with Crippen LogP contribution in [0.5, 0.6) is 0 Å². The smallest absolute Gasteiger partial charge is 0.407 e. The van der Waals surface area contributed by atoms with E-state index in [2.05, 4.69) is 15.0 Å². The van der Waals surface area contributed by atoms with E-state index in [0.29, 0.717) is 0 Å². The lowest BCUT2D eigenvalue weighted by atomic mass is 10.0. The van der Waals surface area contributed by atoms with Gasteiger partial charge in [-0.2, -0.15) is 0 Å². The van der Waals surface area contributed by atoms with Crippen LogP contribution in [0.25, 0.3) is 10.9 Å². The van der Waals surface area contributed by atoms with Gasteiger partial charge in [-0.05, 0) is 50.0 Å². The molecule has 2 N–H and O–H groups in total. The molecule has 1 aromatic carbocycles. The number of carbonyl (C=O) groups excluding carboxylic acids is 1. The highest BCUT2D eigenvalue weighted by molar-refractivity contribution is 5.84. The third-order valence-corrected chi connectivity index (χ3v) is 2.88. The van der Waals surface area contributed by atoms with Crippen molar-refractivity contribution in [1.29, 1.82) is 0 Å². The Kier molecular flexibility index (Phi) is 1.46. The number of nitrogens with zero attached hydrogens (tertiary/aromatic N) is 1. The molecule has 5 nitrogen and oxygen atoms in total. The zero-order valence-corrected chi connectivity index (χ0v) is 10.8. The van der Waals surface area contributed by atoms with E-state index in [1.165, 1.54) is 12.1 Å². The first-order valence-electron chi connectivity index (χ1n) is 12.5. The molecule has 1 aliphatic heterocycles. The van der Waals surface area contributed by atoms with Gasteiger partial charge in [0.1, 0.15) is 6.61 Å². The molecule has 0 bridgehead atoms. The van der Waals surface area contributed by atoms with Crippen molar-refractivity contribution < 1.29 is 27.4 Å². The van der Waals surface area contributed by atoms with Gasteiger partial charge in [-0.25, -0.2) is 4.79 Å². The fraction of sp³-hybridized carbons (Fsp3) is 0.438. The summed E-state index contributed by atoms with van der Waals surface area (Å²) in [6, 6.07) is 1.54. The number of likely N-dealkylation sites (N-methyl/N-ethyl adjacent to an activating group) is 1. The quantitative estimate of drug-likeness (QED) is 0.887. The van der Waals surface area contributed by atoms with Crippen LogP contribution < -0.4 is 5.32 Å². The largest absolute Gasteiger partial charge is 0.447 e. The molecule has 5 heteroatoms. The maximum Gasteiger partial charge on any atom is 0.407 e. The lowest BCUT2D eigenvalue weighted by molar-refractivity contribution is 0.177. The number of fused-ring (bicyclic) bond motifs is 1. The van der Waals surface area contributed by atoms with E-state index >= 15 is 0 Å². The average Bonchev–Trinajstić information content (AvgIpc) is 3.22. The number of alkyl carbamates (subject to hydrolysis) is 1. The summed E-state index contributed by atoms with van der Waals surface area (Å²) in [6.07, 6.45) is -5.71. The molecule has 0 aliphatic carbocycles. The number of H-pyrrole nitrogens is 1. The summed E-state index contributed by atoms with van der Waals surface area (Å²) in [5.74, 6) is 0. The molecule has 0 unspecified atom stereocenters. The standard InChI is InChI=1S/C16H21N3O2/c1-19(2)6-5-12-9-17-15-4-3-11(8-14(12)15)7-13-10-21-16(20)18-13/h3-4,8-9,13,17H,5-7,10H2,1-2H3,(H,18,20)/t13-/m0/s1/i1D3,2D3,5D2,6D2,7D2,13D. The molecule has 1 aromatic heterocycles. The number of rotatable bonds is 5. The monoisotopic (exact) mass is 300 g/mol. The maximum absolute atomic E-state index is 11.4. The van der Waals surface area contributed by atoms with Gasteiger partial charge in [0.15, 0.2) is 0 Å². The summed E-state index contributed by atoms with van der Waals surface area (Å²) in [7, 11) is 0. The van der Waals surface area contributed by atoms with Gasteiger partial charge >= 0.3 is 6.09 Å². The summed E-state index contributed by atoms with van der Waals surface area (Å²) in [6.45, 7) is -11.2. The number of amides is 1. The average molecular weight is 300 g/mol. The van der Waals surface area contributed by atoms with Crippen molar-refractivity contribution in [2.24, 2.45) is 0 Å². The molecule has 2 aromatic rings. The molecule has 1 amide bonds. The first-order chi connectivity index (χ1) is 15.2. The zero-order valence-electron chi connectivity index (χ0n) is 23.8. The number of hydrogen-bond donors (Lipinski definition) is 2. The lowest BCUT2D eigenvalue weighted by Gasteiger charge is -2.09. The van der Waals surface area contributed by atoms with Crippen LogP contribution in [0.4, 0.5) is 4.79 Å². The van der Waals surface area contributed by atoms with Crippen molar-refractivity contribution in [2.45, 2.75) is 18.8 Å². The Balaban J connectivity index is 2.16. The number of benzene rings is 1. The first-order valence-corrected chi connectivity index (χ1v) is 6.04. The second-order valence-corrected chi connectivity index (χ2v) is 4.34. The molecule has 0 radical (unpaired) electrons. The van der Waals surface area contributed by atoms with Crippen molar-refractivity contribution in [3.8, 4) is 0 Å². The van der Waals surface area contributed by atoms with E-state index in [1.54, 1.807) is 0 Å². The van der Waals surface area contributed by atoms with Gasteiger partial charge in [-0.15, -0.1) is 0 Å². The highest BCUT2D eigenvalue weighted by Gasteiger charge is 2.22. The van der Waals surface area contributed by atoms with Crippen LogP contribution in [0.1, 0.15) is 28.9 Å². The molecule has 1 fully saturated rings. The van der Waals surface area contributed by atoms with Gasteiger partial charge < -0.3 is 19.9 Å². The van der Waals surface area contributed by atoms with E-state index in [1.807, 2.05) is 0 Å². The molecule has 112 valence electrons. The predicted molar refractivity (Wildman–Crippen MR) is 82.5 cm³/mol. The molecule has 2 heterocycles. The highest BCUT2D eigenvalue weighted by Crippen LogP contribution is 2.21. The van der Waals surface area contributed by atoms with Crippen LogP contribution in [-0.2, 0) is 17.5 Å². The van der Waals surface area contributed by atoms with Crippen LogP contribution >= 0.6 is 0 Å². The third-order valence-electron chi connectivity index (χ3n) is 2.88. The number of aromatic nitrogens is 1. The summed E-state index contributed by atoms with van der Waals surface area (Å²) < 4.78 is 108. The topological polar surface area (TPSA) is 57.4 Å². The van der Waals surface area contributed by atoms with Gasteiger partial charge in [0.25, 0.3) is 0 Å². The fourth-order valence-corrected chi connectivity index (χ4v) is 1.99. The van der Waals surface area contributed by atoms with Gasteiger partial charge in [-0.3, -0.25) is 0 Å². The Bertz CT molecular complexity index is 1090. The second kappa shape index (κ2) is 5.77. The molecule has 0 saturated carbocycles. The number of carbonyl (C=O) groups is 1. The van der Waals surface area contributed by atoms with Crippen molar-refractivity contribution in [1.82, 2.24) is 15.2 Å². The van der Waals surface area contributed by atoms with E-state index < -0.39 is 62.4 Å². The molecule has 1 atom stereocenters. The minimum Gasteiger partial charge on any atom is -0.447 e. The predicted octanol–water partition coefficient (Wildman–Crippen LogP) is 1.92. The lowest BCUT2D eigenvalue weighted by Crippen LogP contribution is -2.28.